The van der Waals surface area contributed by atoms with Gasteiger partial charge in [-0.05, 0) is 69.2 Å². The third-order valence-electron chi connectivity index (χ3n) is 5.93. The van der Waals surface area contributed by atoms with Crippen LogP contribution in [0.15, 0.2) is 24.3 Å². The van der Waals surface area contributed by atoms with Crippen LogP contribution in [-0.2, 0) is 9.53 Å². The number of halogens is 1. The molecule has 1 spiro atoms. The molecule has 148 valence electrons. The maximum absolute atomic E-state index is 13.3. The Morgan fingerprint density at radius 2 is 1.93 bits per heavy atom. The van der Waals surface area contributed by atoms with Crippen molar-refractivity contribution in [2.24, 2.45) is 5.92 Å². The summed E-state index contributed by atoms with van der Waals surface area (Å²) in [5.74, 6) is -0.270. The monoisotopic (exact) mass is 376 g/mol. The zero-order valence-electron chi connectivity index (χ0n) is 16.3. The van der Waals surface area contributed by atoms with Crippen LogP contribution in [0.4, 0.5) is 4.39 Å². The Morgan fingerprint density at radius 3 is 2.52 bits per heavy atom. The van der Waals surface area contributed by atoms with Crippen molar-refractivity contribution in [1.82, 2.24) is 10.2 Å². The quantitative estimate of drug-likeness (QED) is 0.875. The standard InChI is InChI=1S/C21H29FN2O3/c1-4-15(3)23-19(25)18-13-27-21(11-9-14(2)10-12-21)24(18)20(26)16-5-7-17(22)8-6-16/h5-8,14-15,18H,4,9-13H2,1-3H3,(H,23,25). The van der Waals surface area contributed by atoms with E-state index in [2.05, 4.69) is 12.2 Å². The molecule has 2 unspecified atom stereocenters. The Bertz CT molecular complexity index is 683. The molecular weight excluding hydrogens is 347 g/mol. The predicted molar refractivity (Wildman–Crippen MR) is 101 cm³/mol. The number of nitrogens with one attached hydrogen (secondary N) is 1. The first-order chi connectivity index (χ1) is 12.9. The first-order valence-corrected chi connectivity index (χ1v) is 9.90. The van der Waals surface area contributed by atoms with Gasteiger partial charge in [-0.1, -0.05) is 13.8 Å². The van der Waals surface area contributed by atoms with Gasteiger partial charge in [0.15, 0.2) is 0 Å². The van der Waals surface area contributed by atoms with Gasteiger partial charge < -0.3 is 10.1 Å². The number of nitrogens with zero attached hydrogens (tertiary/aromatic N) is 1. The van der Waals surface area contributed by atoms with Crippen molar-refractivity contribution < 1.29 is 18.7 Å². The Morgan fingerprint density at radius 1 is 1.30 bits per heavy atom. The zero-order valence-corrected chi connectivity index (χ0v) is 16.3. The first-order valence-electron chi connectivity index (χ1n) is 9.90. The van der Waals surface area contributed by atoms with Crippen molar-refractivity contribution >= 4 is 11.8 Å². The van der Waals surface area contributed by atoms with Gasteiger partial charge in [-0.15, -0.1) is 0 Å². The molecule has 1 aromatic rings. The molecular formula is C21H29FN2O3. The van der Waals surface area contributed by atoms with E-state index in [-0.39, 0.29) is 24.5 Å². The lowest BCUT2D eigenvalue weighted by atomic mass is 9.83. The van der Waals surface area contributed by atoms with Crippen molar-refractivity contribution in [3.63, 3.8) is 0 Å². The summed E-state index contributed by atoms with van der Waals surface area (Å²) >= 11 is 0. The molecule has 0 radical (unpaired) electrons. The molecule has 2 amide bonds. The van der Waals surface area contributed by atoms with Gasteiger partial charge in [-0.3, -0.25) is 14.5 Å². The van der Waals surface area contributed by atoms with Gasteiger partial charge in [-0.25, -0.2) is 4.39 Å². The van der Waals surface area contributed by atoms with Crippen molar-refractivity contribution in [1.29, 1.82) is 0 Å². The minimum absolute atomic E-state index is 0.0307. The molecule has 6 heteroatoms. The highest BCUT2D eigenvalue weighted by molar-refractivity contribution is 5.98. The number of amides is 2. The molecule has 1 heterocycles. The predicted octanol–water partition coefficient (Wildman–Crippen LogP) is 3.49. The van der Waals surface area contributed by atoms with Crippen LogP contribution in [0.5, 0.6) is 0 Å². The molecule has 1 saturated carbocycles. The molecule has 1 aliphatic carbocycles. The van der Waals surface area contributed by atoms with E-state index in [0.29, 0.717) is 24.3 Å². The van der Waals surface area contributed by atoms with Gasteiger partial charge in [0.2, 0.25) is 5.91 Å². The molecule has 1 saturated heterocycles. The number of carbonyl (C=O) groups excluding carboxylic acids is 2. The third-order valence-corrected chi connectivity index (χ3v) is 5.93. The van der Waals surface area contributed by atoms with Crippen LogP contribution in [0.2, 0.25) is 0 Å². The van der Waals surface area contributed by atoms with Gasteiger partial charge in [0.1, 0.15) is 17.6 Å². The second-order valence-electron chi connectivity index (χ2n) is 7.96. The maximum atomic E-state index is 13.3. The lowest BCUT2D eigenvalue weighted by Gasteiger charge is -2.43. The third kappa shape index (κ3) is 4.00. The number of carbonyl (C=O) groups is 2. The van der Waals surface area contributed by atoms with E-state index in [1.165, 1.54) is 24.3 Å². The molecule has 1 aromatic carbocycles. The second kappa shape index (κ2) is 7.97. The average molecular weight is 376 g/mol. The SMILES string of the molecule is CCC(C)NC(=O)C1COC2(CCC(C)CC2)N1C(=O)c1ccc(F)cc1. The summed E-state index contributed by atoms with van der Waals surface area (Å²) in [6, 6.07) is 4.85. The average Bonchev–Trinajstić information content (AvgIpc) is 3.03. The van der Waals surface area contributed by atoms with E-state index < -0.39 is 17.6 Å². The Balaban J connectivity index is 1.90. The summed E-state index contributed by atoms with van der Waals surface area (Å²) in [7, 11) is 0. The number of ether oxygens (including phenoxy) is 1. The molecule has 1 aliphatic heterocycles. The fourth-order valence-electron chi connectivity index (χ4n) is 3.95. The van der Waals surface area contributed by atoms with Crippen LogP contribution in [0.3, 0.4) is 0 Å². The van der Waals surface area contributed by atoms with E-state index in [1.54, 1.807) is 4.90 Å². The summed E-state index contributed by atoms with van der Waals surface area (Å²) < 4.78 is 19.4. The van der Waals surface area contributed by atoms with Crippen molar-refractivity contribution in [2.75, 3.05) is 6.61 Å². The topological polar surface area (TPSA) is 58.6 Å². The number of hydrogen-bond donors (Lipinski definition) is 1. The molecule has 2 atom stereocenters. The summed E-state index contributed by atoms with van der Waals surface area (Å²) in [6.07, 6.45) is 4.15. The minimum atomic E-state index is -0.741. The summed E-state index contributed by atoms with van der Waals surface area (Å²) in [6.45, 7) is 6.34. The van der Waals surface area contributed by atoms with Crippen molar-refractivity contribution in [3.05, 3.63) is 35.6 Å². The maximum Gasteiger partial charge on any atom is 0.256 e. The molecule has 1 N–H and O–H groups in total. The first kappa shape index (κ1) is 19.8. The normalized spacial score (nSPS) is 29.0. The highest BCUT2D eigenvalue weighted by atomic mass is 19.1. The molecule has 27 heavy (non-hydrogen) atoms. The van der Waals surface area contributed by atoms with E-state index in [1.807, 2.05) is 13.8 Å². The van der Waals surface area contributed by atoms with Crippen LogP contribution < -0.4 is 5.32 Å². The Hall–Kier alpha value is -1.95. The number of hydrogen-bond acceptors (Lipinski definition) is 3. The highest BCUT2D eigenvalue weighted by Gasteiger charge is 2.53. The van der Waals surface area contributed by atoms with Crippen LogP contribution in [0.25, 0.3) is 0 Å². The van der Waals surface area contributed by atoms with Crippen molar-refractivity contribution in [3.8, 4) is 0 Å². The minimum Gasteiger partial charge on any atom is -0.353 e. The Labute approximate surface area is 160 Å². The zero-order chi connectivity index (χ0) is 19.6. The largest absolute Gasteiger partial charge is 0.353 e. The van der Waals surface area contributed by atoms with Gasteiger partial charge >= 0.3 is 0 Å². The molecule has 0 aromatic heterocycles. The fourth-order valence-corrected chi connectivity index (χ4v) is 3.95. The lowest BCUT2D eigenvalue weighted by Crippen LogP contribution is -2.57. The lowest BCUT2D eigenvalue weighted by molar-refractivity contribution is -0.128. The molecule has 2 fully saturated rings. The van der Waals surface area contributed by atoms with Gasteiger partial charge in [-0.2, -0.15) is 0 Å². The number of benzene rings is 1. The molecule has 0 bridgehead atoms. The molecule has 3 rings (SSSR count). The van der Waals surface area contributed by atoms with Crippen LogP contribution in [0.1, 0.15) is 63.2 Å². The second-order valence-corrected chi connectivity index (χ2v) is 7.96. The van der Waals surface area contributed by atoms with Gasteiger partial charge in [0, 0.05) is 11.6 Å². The smallest absolute Gasteiger partial charge is 0.256 e. The van der Waals surface area contributed by atoms with E-state index in [0.717, 1.165) is 19.3 Å². The van der Waals surface area contributed by atoms with Crippen LogP contribution >= 0.6 is 0 Å². The van der Waals surface area contributed by atoms with Crippen LogP contribution in [0, 0.1) is 11.7 Å². The molecule has 5 nitrogen and oxygen atoms in total. The van der Waals surface area contributed by atoms with E-state index in [4.69, 9.17) is 4.74 Å². The fraction of sp³-hybridized carbons (Fsp3) is 0.619. The van der Waals surface area contributed by atoms with E-state index in [9.17, 15) is 14.0 Å². The summed E-state index contributed by atoms with van der Waals surface area (Å²) in [5, 5.41) is 2.97. The number of rotatable bonds is 4. The summed E-state index contributed by atoms with van der Waals surface area (Å²) in [4.78, 5) is 27.8. The van der Waals surface area contributed by atoms with Crippen LogP contribution in [-0.4, -0.2) is 41.1 Å². The van der Waals surface area contributed by atoms with E-state index >= 15 is 0 Å². The summed E-state index contributed by atoms with van der Waals surface area (Å²) in [5.41, 5.74) is -0.364. The molecule has 2 aliphatic rings. The van der Waals surface area contributed by atoms with Crippen molar-refractivity contribution in [2.45, 2.75) is 70.7 Å². The van der Waals surface area contributed by atoms with Gasteiger partial charge in [0.05, 0.1) is 6.61 Å². The van der Waals surface area contributed by atoms with Gasteiger partial charge in [0.25, 0.3) is 5.91 Å². The highest BCUT2D eigenvalue weighted by Crippen LogP contribution is 2.43. The Kier molecular flexibility index (Phi) is 5.84.